The van der Waals surface area contributed by atoms with Crippen LogP contribution in [0.1, 0.15) is 30.6 Å². The number of aromatic nitrogens is 1. The van der Waals surface area contributed by atoms with E-state index in [4.69, 9.17) is 0 Å². The number of rotatable bonds is 8. The van der Waals surface area contributed by atoms with Gasteiger partial charge in [-0.25, -0.2) is 4.98 Å². The molecule has 1 unspecified atom stereocenters. The van der Waals surface area contributed by atoms with Gasteiger partial charge in [0.05, 0.1) is 11.2 Å². The fourth-order valence-corrected chi connectivity index (χ4v) is 3.34. The third kappa shape index (κ3) is 5.51. The lowest BCUT2D eigenvalue weighted by Crippen LogP contribution is -2.27. The number of hydrogen-bond acceptors (Lipinski definition) is 4. The Balaban J connectivity index is 1.90. The molecule has 1 N–H and O–H groups in total. The van der Waals surface area contributed by atoms with Crippen LogP contribution in [0.15, 0.2) is 39.6 Å². The lowest BCUT2D eigenvalue weighted by molar-refractivity contribution is 0.299. The molecule has 0 fully saturated rings. The van der Waals surface area contributed by atoms with Crippen LogP contribution in [0.4, 0.5) is 0 Å². The quantitative estimate of drug-likeness (QED) is 0.761. The molecule has 0 aliphatic heterocycles. The zero-order valence-electron chi connectivity index (χ0n) is 12.6. The molecule has 0 aliphatic carbocycles. The highest BCUT2D eigenvalue weighted by atomic mass is 79.9. The van der Waals surface area contributed by atoms with Crippen molar-refractivity contribution >= 4 is 27.3 Å². The molecule has 0 saturated heterocycles. The van der Waals surface area contributed by atoms with Crippen molar-refractivity contribution in [3.63, 3.8) is 0 Å². The Labute approximate surface area is 139 Å². The maximum Gasteiger partial charge on any atom is 0.0795 e. The number of halogens is 1. The number of nitrogens with zero attached hydrogens (tertiary/aromatic N) is 2. The molecule has 2 rings (SSSR count). The van der Waals surface area contributed by atoms with Crippen molar-refractivity contribution in [1.82, 2.24) is 15.2 Å². The summed E-state index contributed by atoms with van der Waals surface area (Å²) in [5.41, 5.74) is 4.39. The molecule has 21 heavy (non-hydrogen) atoms. The standard InChI is InChI=1S/C16H22BrN3S/c1-3-18-16(13-5-4-6-14(17)9-13)7-8-20(2)10-15-11-21-12-19-15/h4-6,9,11-12,16,18H,3,7-8,10H2,1-2H3. The van der Waals surface area contributed by atoms with Crippen molar-refractivity contribution in [1.29, 1.82) is 0 Å². The third-order valence-corrected chi connectivity index (χ3v) is 4.54. The van der Waals surface area contributed by atoms with Crippen molar-refractivity contribution in [3.8, 4) is 0 Å². The zero-order valence-corrected chi connectivity index (χ0v) is 15.0. The van der Waals surface area contributed by atoms with E-state index in [1.807, 2.05) is 5.51 Å². The number of benzene rings is 1. The summed E-state index contributed by atoms with van der Waals surface area (Å²) in [5.74, 6) is 0. The van der Waals surface area contributed by atoms with Gasteiger partial charge in [-0.1, -0.05) is 35.0 Å². The molecule has 5 heteroatoms. The molecule has 1 aromatic carbocycles. The first kappa shape index (κ1) is 16.6. The predicted octanol–water partition coefficient (Wildman–Crippen LogP) is 4.08. The van der Waals surface area contributed by atoms with Gasteiger partial charge in [0.2, 0.25) is 0 Å². The van der Waals surface area contributed by atoms with Gasteiger partial charge >= 0.3 is 0 Å². The first-order chi connectivity index (χ1) is 10.2. The maximum atomic E-state index is 4.34. The van der Waals surface area contributed by atoms with Crippen molar-refractivity contribution in [2.75, 3.05) is 20.1 Å². The van der Waals surface area contributed by atoms with Crippen LogP contribution < -0.4 is 5.32 Å². The highest BCUT2D eigenvalue weighted by molar-refractivity contribution is 9.10. The number of nitrogens with one attached hydrogen (secondary N) is 1. The van der Waals surface area contributed by atoms with E-state index >= 15 is 0 Å². The van der Waals surface area contributed by atoms with Crippen LogP contribution in [0, 0.1) is 0 Å². The van der Waals surface area contributed by atoms with Gasteiger partial charge in [0.1, 0.15) is 0 Å². The molecule has 2 aromatic rings. The van der Waals surface area contributed by atoms with Crippen molar-refractivity contribution in [3.05, 3.63) is 50.9 Å². The molecule has 0 aliphatic rings. The van der Waals surface area contributed by atoms with E-state index in [0.29, 0.717) is 6.04 Å². The Morgan fingerprint density at radius 2 is 2.29 bits per heavy atom. The first-order valence-electron chi connectivity index (χ1n) is 7.23. The summed E-state index contributed by atoms with van der Waals surface area (Å²) >= 11 is 5.21. The monoisotopic (exact) mass is 367 g/mol. The van der Waals surface area contributed by atoms with E-state index in [1.54, 1.807) is 11.3 Å². The Morgan fingerprint density at radius 3 is 2.95 bits per heavy atom. The van der Waals surface area contributed by atoms with Gasteiger partial charge in [-0.05, 0) is 37.7 Å². The second-order valence-electron chi connectivity index (χ2n) is 5.17. The van der Waals surface area contributed by atoms with Gasteiger partial charge in [0, 0.05) is 29.0 Å². The average Bonchev–Trinajstić information content (AvgIpc) is 2.96. The van der Waals surface area contributed by atoms with Crippen molar-refractivity contribution < 1.29 is 0 Å². The molecular formula is C16H22BrN3S. The summed E-state index contributed by atoms with van der Waals surface area (Å²) in [6.45, 7) is 5.10. The molecule has 1 aromatic heterocycles. The van der Waals surface area contributed by atoms with E-state index in [9.17, 15) is 0 Å². The van der Waals surface area contributed by atoms with Crippen LogP contribution in [-0.4, -0.2) is 30.0 Å². The fourth-order valence-electron chi connectivity index (χ4n) is 2.38. The summed E-state index contributed by atoms with van der Waals surface area (Å²) < 4.78 is 1.14. The van der Waals surface area contributed by atoms with E-state index in [-0.39, 0.29) is 0 Å². The lowest BCUT2D eigenvalue weighted by Gasteiger charge is -2.22. The summed E-state index contributed by atoms with van der Waals surface area (Å²) in [6, 6.07) is 8.96. The van der Waals surface area contributed by atoms with Gasteiger partial charge in [0.15, 0.2) is 0 Å². The smallest absolute Gasteiger partial charge is 0.0795 e. The molecule has 0 spiro atoms. The first-order valence-corrected chi connectivity index (χ1v) is 8.97. The number of thiazole rings is 1. The summed E-state index contributed by atoms with van der Waals surface area (Å²) in [7, 11) is 2.16. The van der Waals surface area contributed by atoms with Crippen LogP contribution >= 0.6 is 27.3 Å². The third-order valence-electron chi connectivity index (χ3n) is 3.42. The highest BCUT2D eigenvalue weighted by Gasteiger charge is 2.12. The molecule has 0 bridgehead atoms. The van der Waals surface area contributed by atoms with Crippen LogP contribution in [0.2, 0.25) is 0 Å². The SMILES string of the molecule is CCNC(CCN(C)Cc1cscn1)c1cccc(Br)c1. The van der Waals surface area contributed by atoms with Crippen LogP contribution in [0.3, 0.4) is 0 Å². The second-order valence-corrected chi connectivity index (χ2v) is 6.81. The zero-order chi connectivity index (χ0) is 15.1. The minimum atomic E-state index is 0.394. The maximum absolute atomic E-state index is 4.34. The fraction of sp³-hybridized carbons (Fsp3) is 0.438. The predicted molar refractivity (Wildman–Crippen MR) is 93.6 cm³/mol. The Morgan fingerprint density at radius 1 is 1.43 bits per heavy atom. The van der Waals surface area contributed by atoms with Gasteiger partial charge in [-0.3, -0.25) is 0 Å². The Bertz CT molecular complexity index is 530. The normalized spacial score (nSPS) is 12.8. The molecule has 0 amide bonds. The minimum absolute atomic E-state index is 0.394. The van der Waals surface area contributed by atoms with Crippen LogP contribution in [0.5, 0.6) is 0 Å². The topological polar surface area (TPSA) is 28.2 Å². The molecule has 3 nitrogen and oxygen atoms in total. The van der Waals surface area contributed by atoms with E-state index < -0.39 is 0 Å². The second kappa shape index (κ2) is 8.63. The van der Waals surface area contributed by atoms with Crippen LogP contribution in [-0.2, 0) is 6.54 Å². The summed E-state index contributed by atoms with van der Waals surface area (Å²) in [6.07, 6.45) is 1.09. The molecular weight excluding hydrogens is 346 g/mol. The van der Waals surface area contributed by atoms with Crippen molar-refractivity contribution in [2.45, 2.75) is 25.9 Å². The lowest BCUT2D eigenvalue weighted by atomic mass is 10.0. The number of hydrogen-bond donors (Lipinski definition) is 1. The van der Waals surface area contributed by atoms with Gasteiger partial charge in [-0.15, -0.1) is 11.3 Å². The molecule has 1 atom stereocenters. The summed E-state index contributed by atoms with van der Waals surface area (Å²) in [4.78, 5) is 6.68. The largest absolute Gasteiger partial charge is 0.310 e. The molecule has 1 heterocycles. The Hall–Kier alpha value is -0.750. The van der Waals surface area contributed by atoms with Crippen molar-refractivity contribution in [2.24, 2.45) is 0 Å². The highest BCUT2D eigenvalue weighted by Crippen LogP contribution is 2.21. The van der Waals surface area contributed by atoms with Crippen LogP contribution in [0.25, 0.3) is 0 Å². The molecule has 0 saturated carbocycles. The molecule has 0 radical (unpaired) electrons. The van der Waals surface area contributed by atoms with Gasteiger partial charge in [0.25, 0.3) is 0 Å². The van der Waals surface area contributed by atoms with E-state index in [1.165, 1.54) is 5.56 Å². The minimum Gasteiger partial charge on any atom is -0.310 e. The van der Waals surface area contributed by atoms with E-state index in [0.717, 1.165) is 36.2 Å². The average molecular weight is 368 g/mol. The molecule has 114 valence electrons. The summed E-state index contributed by atoms with van der Waals surface area (Å²) in [5, 5.41) is 5.70. The Kier molecular flexibility index (Phi) is 6.83. The van der Waals surface area contributed by atoms with Gasteiger partial charge in [-0.2, -0.15) is 0 Å². The van der Waals surface area contributed by atoms with E-state index in [2.05, 4.69) is 74.7 Å². The van der Waals surface area contributed by atoms with Gasteiger partial charge < -0.3 is 10.2 Å².